The van der Waals surface area contributed by atoms with Crippen LogP contribution in [-0.4, -0.2) is 13.9 Å². The predicted molar refractivity (Wildman–Crippen MR) is 62.9 cm³/mol. The van der Waals surface area contributed by atoms with E-state index in [-0.39, 0.29) is 5.78 Å². The normalized spacial score (nSPS) is 17.4. The van der Waals surface area contributed by atoms with Crippen LogP contribution in [0, 0.1) is 0 Å². The lowest BCUT2D eigenvalue weighted by molar-refractivity contribution is -0.115. The van der Waals surface area contributed by atoms with Crippen LogP contribution in [0.2, 0.25) is 19.6 Å². The zero-order valence-corrected chi connectivity index (χ0v) is 10.3. The molecule has 0 N–H and O–H groups in total. The number of Topliss-reactive ketones (excluding diaryl/α,β-unsaturated/α-hetero) is 1. The minimum absolute atomic E-state index is 0.282. The maximum Gasteiger partial charge on any atom is 0.163 e. The van der Waals surface area contributed by atoms with Gasteiger partial charge in [0, 0.05) is 12.0 Å². The van der Waals surface area contributed by atoms with Crippen molar-refractivity contribution in [3.8, 4) is 0 Å². The molecule has 0 aliphatic heterocycles. The van der Waals surface area contributed by atoms with E-state index >= 15 is 0 Å². The summed E-state index contributed by atoms with van der Waals surface area (Å²) in [6, 6.07) is 0. The molecule has 0 saturated carbocycles. The summed E-state index contributed by atoms with van der Waals surface area (Å²) in [6.45, 7) is 10.4. The highest BCUT2D eigenvalue weighted by Crippen LogP contribution is 2.27. The quantitative estimate of drug-likeness (QED) is 0.500. The smallest absolute Gasteiger partial charge is 0.163 e. The van der Waals surface area contributed by atoms with E-state index < -0.39 is 8.07 Å². The number of ketones is 1. The van der Waals surface area contributed by atoms with E-state index in [1.165, 1.54) is 0 Å². The zero-order chi connectivity index (χ0) is 10.8. The van der Waals surface area contributed by atoms with Gasteiger partial charge in [-0.05, 0) is 18.0 Å². The van der Waals surface area contributed by atoms with Gasteiger partial charge in [0.05, 0.1) is 8.07 Å². The molecule has 0 aromatic heterocycles. The fourth-order valence-corrected chi connectivity index (χ4v) is 3.34. The molecule has 0 saturated heterocycles. The van der Waals surface area contributed by atoms with Gasteiger partial charge in [0.25, 0.3) is 0 Å². The van der Waals surface area contributed by atoms with Gasteiger partial charge in [0.1, 0.15) is 0 Å². The zero-order valence-electron chi connectivity index (χ0n) is 9.31. The third-order valence-corrected chi connectivity index (χ3v) is 4.40. The Labute approximate surface area is 87.2 Å². The fraction of sp³-hybridized carbons (Fsp3) is 0.500. The second kappa shape index (κ2) is 4.12. The lowest BCUT2D eigenvalue weighted by atomic mass is 9.98. The van der Waals surface area contributed by atoms with Crippen molar-refractivity contribution < 1.29 is 4.79 Å². The lowest BCUT2D eigenvalue weighted by Crippen LogP contribution is -2.28. The van der Waals surface area contributed by atoms with Gasteiger partial charge >= 0.3 is 0 Å². The molecule has 1 aliphatic rings. The molecule has 0 unspecified atom stereocenters. The van der Waals surface area contributed by atoms with Crippen molar-refractivity contribution in [2.45, 2.75) is 38.9 Å². The molecule has 0 fully saturated rings. The number of hydrogen-bond acceptors (Lipinski definition) is 1. The van der Waals surface area contributed by atoms with Crippen LogP contribution >= 0.6 is 0 Å². The van der Waals surface area contributed by atoms with Crippen molar-refractivity contribution in [1.29, 1.82) is 0 Å². The Bertz CT molecular complexity index is 325. The Morgan fingerprint density at radius 1 is 1.50 bits per heavy atom. The van der Waals surface area contributed by atoms with Crippen LogP contribution in [0.3, 0.4) is 0 Å². The second-order valence-electron chi connectivity index (χ2n) is 4.73. The Hall–Kier alpha value is -0.853. The molecule has 1 nitrogen and oxygen atoms in total. The van der Waals surface area contributed by atoms with E-state index in [9.17, 15) is 4.79 Å². The number of carbonyl (C=O) groups excluding carboxylic acids is 1. The van der Waals surface area contributed by atoms with Crippen LogP contribution in [0.4, 0.5) is 0 Å². The summed E-state index contributed by atoms with van der Waals surface area (Å²) >= 11 is 0. The molecule has 14 heavy (non-hydrogen) atoms. The Balaban J connectivity index is 3.08. The Kier molecular flexibility index (Phi) is 3.30. The molecule has 1 rings (SSSR count). The molecule has 0 radical (unpaired) electrons. The van der Waals surface area contributed by atoms with Gasteiger partial charge in [-0.2, -0.15) is 0 Å². The molecule has 2 heteroatoms. The molecule has 1 aliphatic carbocycles. The Morgan fingerprint density at radius 3 is 2.57 bits per heavy atom. The molecule has 0 atom stereocenters. The maximum atomic E-state index is 11.7. The molecule has 0 spiro atoms. The summed E-state index contributed by atoms with van der Waals surface area (Å²) in [5.41, 5.74) is 3.89. The standard InChI is InChI=1S/C12H18OSi/c1-5-12(14(2,3)4)10-8-6-7-9-11(10)13/h8H,1,6-7,9H2,2-4H3. The highest BCUT2D eigenvalue weighted by molar-refractivity contribution is 6.84. The summed E-state index contributed by atoms with van der Waals surface area (Å²) in [7, 11) is -1.46. The molecular formula is C12H18OSi. The van der Waals surface area contributed by atoms with Crippen LogP contribution in [-0.2, 0) is 4.79 Å². The average Bonchev–Trinajstić information content (AvgIpc) is 2.07. The van der Waals surface area contributed by atoms with Gasteiger partial charge in [-0.15, -0.1) is 5.73 Å². The van der Waals surface area contributed by atoms with Crippen molar-refractivity contribution in [2.24, 2.45) is 0 Å². The van der Waals surface area contributed by atoms with Crippen LogP contribution < -0.4 is 0 Å². The van der Waals surface area contributed by atoms with Gasteiger partial charge < -0.3 is 0 Å². The van der Waals surface area contributed by atoms with E-state index in [1.54, 1.807) is 0 Å². The molecule has 0 aromatic rings. The average molecular weight is 206 g/mol. The predicted octanol–water partition coefficient (Wildman–Crippen LogP) is 3.25. The minimum Gasteiger partial charge on any atom is -0.294 e. The van der Waals surface area contributed by atoms with Gasteiger partial charge in [-0.3, -0.25) is 4.79 Å². The highest BCUT2D eigenvalue weighted by atomic mass is 28.3. The minimum atomic E-state index is -1.46. The molecule has 0 heterocycles. The van der Waals surface area contributed by atoms with Crippen molar-refractivity contribution in [3.63, 3.8) is 0 Å². The van der Waals surface area contributed by atoms with Crippen molar-refractivity contribution in [1.82, 2.24) is 0 Å². The summed E-state index contributed by atoms with van der Waals surface area (Å²) in [5.74, 6) is 0.282. The summed E-state index contributed by atoms with van der Waals surface area (Å²) < 4.78 is 0. The molecule has 0 amide bonds. The van der Waals surface area contributed by atoms with E-state index in [2.05, 4.69) is 38.0 Å². The molecule has 0 bridgehead atoms. The van der Waals surface area contributed by atoms with E-state index in [0.717, 1.165) is 23.6 Å². The number of rotatable bonds is 2. The van der Waals surface area contributed by atoms with Gasteiger partial charge in [-0.1, -0.05) is 32.3 Å². The monoisotopic (exact) mass is 206 g/mol. The largest absolute Gasteiger partial charge is 0.294 e. The maximum absolute atomic E-state index is 11.7. The van der Waals surface area contributed by atoms with Crippen molar-refractivity contribution in [2.75, 3.05) is 0 Å². The summed E-state index contributed by atoms with van der Waals surface area (Å²) in [4.78, 5) is 11.7. The van der Waals surface area contributed by atoms with Crippen LogP contribution in [0.1, 0.15) is 19.3 Å². The fourth-order valence-electron chi connectivity index (χ4n) is 1.76. The molecular weight excluding hydrogens is 188 g/mol. The van der Waals surface area contributed by atoms with Crippen LogP contribution in [0.5, 0.6) is 0 Å². The van der Waals surface area contributed by atoms with Crippen molar-refractivity contribution in [3.05, 3.63) is 29.2 Å². The third kappa shape index (κ3) is 2.34. The number of carbonyl (C=O) groups is 1. The van der Waals surface area contributed by atoms with Crippen LogP contribution in [0.25, 0.3) is 0 Å². The first kappa shape index (κ1) is 11.2. The van der Waals surface area contributed by atoms with Crippen molar-refractivity contribution >= 4 is 13.9 Å². The Morgan fingerprint density at radius 2 is 2.14 bits per heavy atom. The first-order chi connectivity index (χ1) is 6.46. The van der Waals surface area contributed by atoms with Gasteiger partial charge in [0.15, 0.2) is 5.78 Å². The van der Waals surface area contributed by atoms with E-state index in [4.69, 9.17) is 0 Å². The third-order valence-electron chi connectivity index (χ3n) is 2.45. The summed E-state index contributed by atoms with van der Waals surface area (Å²) in [6.07, 6.45) is 4.79. The second-order valence-corrected chi connectivity index (χ2v) is 9.73. The highest BCUT2D eigenvalue weighted by Gasteiger charge is 2.27. The number of hydrogen-bond donors (Lipinski definition) is 0. The van der Waals surface area contributed by atoms with Gasteiger partial charge in [-0.25, -0.2) is 0 Å². The molecule has 76 valence electrons. The SMILES string of the molecule is C=C=C(C1=CCCCC1=O)[Si](C)(C)C. The van der Waals surface area contributed by atoms with Gasteiger partial charge in [0.2, 0.25) is 0 Å². The van der Waals surface area contributed by atoms with E-state index in [1.807, 2.05) is 0 Å². The summed E-state index contributed by atoms with van der Waals surface area (Å²) in [5, 5.41) is 1.10. The van der Waals surface area contributed by atoms with Crippen LogP contribution in [0.15, 0.2) is 29.2 Å². The molecule has 0 aromatic carbocycles. The number of allylic oxidation sites excluding steroid dienone is 3. The first-order valence-corrected chi connectivity index (χ1v) is 8.61. The topological polar surface area (TPSA) is 17.1 Å². The first-order valence-electron chi connectivity index (χ1n) is 5.11. The van der Waals surface area contributed by atoms with E-state index in [0.29, 0.717) is 6.42 Å². The lowest BCUT2D eigenvalue weighted by Gasteiger charge is -2.22.